The molecule has 2 N–H and O–H groups in total. The van der Waals surface area contributed by atoms with Crippen LogP contribution in [-0.2, 0) is 17.8 Å². The number of imidazole rings is 1. The van der Waals surface area contributed by atoms with Crippen molar-refractivity contribution in [2.24, 2.45) is 0 Å². The van der Waals surface area contributed by atoms with E-state index in [1.807, 2.05) is 44.4 Å². The number of carbonyl (C=O) groups excluding carboxylic acids is 1. The van der Waals surface area contributed by atoms with Gasteiger partial charge in [-0.05, 0) is 38.1 Å². The third kappa shape index (κ3) is 5.00. The molecule has 0 atom stereocenters. The van der Waals surface area contributed by atoms with Crippen molar-refractivity contribution in [3.8, 4) is 0 Å². The molecule has 2 aromatic rings. The minimum Gasteiger partial charge on any atom is -0.345 e. The summed E-state index contributed by atoms with van der Waals surface area (Å²) in [5, 5.41) is 2.93. The number of carbonyl (C=O) groups is 1. The number of anilines is 1. The van der Waals surface area contributed by atoms with E-state index in [4.69, 9.17) is 0 Å². The SMILES string of the molecule is CCc1ccc(NC(=O)CCN(C)Cc2ncc(C)[nH]2)cc1. The fraction of sp³-hybridized carbons (Fsp3) is 0.412. The second kappa shape index (κ2) is 7.75. The molecule has 5 heteroatoms. The third-order valence-corrected chi connectivity index (χ3v) is 3.54. The minimum atomic E-state index is 0.0340. The van der Waals surface area contributed by atoms with E-state index >= 15 is 0 Å². The van der Waals surface area contributed by atoms with Crippen molar-refractivity contribution < 1.29 is 4.79 Å². The zero-order valence-electron chi connectivity index (χ0n) is 13.5. The largest absolute Gasteiger partial charge is 0.345 e. The van der Waals surface area contributed by atoms with E-state index in [1.165, 1.54) is 5.56 Å². The van der Waals surface area contributed by atoms with Crippen molar-refractivity contribution in [1.29, 1.82) is 0 Å². The Morgan fingerprint density at radius 3 is 2.64 bits per heavy atom. The molecule has 0 unspecified atom stereocenters. The molecule has 1 amide bonds. The minimum absolute atomic E-state index is 0.0340. The Hall–Kier alpha value is -2.14. The number of hydrogen-bond acceptors (Lipinski definition) is 3. The van der Waals surface area contributed by atoms with Gasteiger partial charge < -0.3 is 10.3 Å². The number of H-pyrrole nitrogens is 1. The summed E-state index contributed by atoms with van der Waals surface area (Å²) in [6, 6.07) is 7.99. The summed E-state index contributed by atoms with van der Waals surface area (Å²) in [5.41, 5.74) is 3.18. The van der Waals surface area contributed by atoms with Crippen molar-refractivity contribution in [3.63, 3.8) is 0 Å². The Balaban J connectivity index is 1.74. The Kier molecular flexibility index (Phi) is 5.72. The molecule has 0 aliphatic heterocycles. The molecule has 22 heavy (non-hydrogen) atoms. The predicted molar refractivity (Wildman–Crippen MR) is 88.7 cm³/mol. The molecule has 5 nitrogen and oxygen atoms in total. The molecule has 0 radical (unpaired) electrons. The molecule has 0 aliphatic carbocycles. The van der Waals surface area contributed by atoms with Crippen LogP contribution in [0, 0.1) is 6.92 Å². The van der Waals surface area contributed by atoms with E-state index < -0.39 is 0 Å². The first-order valence-corrected chi connectivity index (χ1v) is 7.64. The first-order chi connectivity index (χ1) is 10.6. The summed E-state index contributed by atoms with van der Waals surface area (Å²) in [5.74, 6) is 0.960. The smallest absolute Gasteiger partial charge is 0.225 e. The first-order valence-electron chi connectivity index (χ1n) is 7.64. The van der Waals surface area contributed by atoms with Crippen LogP contribution in [0.15, 0.2) is 30.5 Å². The normalized spacial score (nSPS) is 10.9. The van der Waals surface area contributed by atoms with Gasteiger partial charge in [0.05, 0.1) is 6.54 Å². The highest BCUT2D eigenvalue weighted by Crippen LogP contribution is 2.10. The molecule has 0 bridgehead atoms. The lowest BCUT2D eigenvalue weighted by molar-refractivity contribution is -0.116. The van der Waals surface area contributed by atoms with Gasteiger partial charge in [-0.15, -0.1) is 0 Å². The summed E-state index contributed by atoms with van der Waals surface area (Å²) in [4.78, 5) is 21.5. The maximum atomic E-state index is 12.0. The van der Waals surface area contributed by atoms with E-state index in [0.29, 0.717) is 19.5 Å². The molecular formula is C17H24N4O. The fourth-order valence-electron chi connectivity index (χ4n) is 2.22. The summed E-state index contributed by atoms with van der Waals surface area (Å²) in [6.07, 6.45) is 3.28. The number of amides is 1. The van der Waals surface area contributed by atoms with E-state index in [1.54, 1.807) is 0 Å². The van der Waals surface area contributed by atoms with Crippen LogP contribution in [-0.4, -0.2) is 34.4 Å². The Bertz CT molecular complexity index is 603. The molecule has 0 saturated carbocycles. The van der Waals surface area contributed by atoms with Gasteiger partial charge in [-0.2, -0.15) is 0 Å². The second-order valence-electron chi connectivity index (χ2n) is 5.60. The number of rotatable bonds is 7. The Labute approximate surface area is 131 Å². The maximum Gasteiger partial charge on any atom is 0.225 e. The number of aryl methyl sites for hydroxylation is 2. The van der Waals surface area contributed by atoms with Crippen LogP contribution < -0.4 is 5.32 Å². The molecule has 1 heterocycles. The van der Waals surface area contributed by atoms with Gasteiger partial charge in [0.1, 0.15) is 5.82 Å². The van der Waals surface area contributed by atoms with E-state index in [0.717, 1.165) is 23.6 Å². The van der Waals surface area contributed by atoms with E-state index in [9.17, 15) is 4.79 Å². The molecule has 0 spiro atoms. The Morgan fingerprint density at radius 1 is 1.32 bits per heavy atom. The van der Waals surface area contributed by atoms with Gasteiger partial charge in [0.15, 0.2) is 0 Å². The first kappa shape index (κ1) is 16.2. The highest BCUT2D eigenvalue weighted by Gasteiger charge is 2.07. The highest BCUT2D eigenvalue weighted by molar-refractivity contribution is 5.90. The lowest BCUT2D eigenvalue weighted by Crippen LogP contribution is -2.24. The lowest BCUT2D eigenvalue weighted by atomic mass is 10.1. The van der Waals surface area contributed by atoms with Gasteiger partial charge >= 0.3 is 0 Å². The van der Waals surface area contributed by atoms with Crippen LogP contribution >= 0.6 is 0 Å². The van der Waals surface area contributed by atoms with Crippen molar-refractivity contribution >= 4 is 11.6 Å². The zero-order valence-corrected chi connectivity index (χ0v) is 13.5. The summed E-state index contributed by atoms with van der Waals surface area (Å²) < 4.78 is 0. The molecule has 118 valence electrons. The lowest BCUT2D eigenvalue weighted by Gasteiger charge is -2.15. The average molecular weight is 300 g/mol. The van der Waals surface area contributed by atoms with Crippen molar-refractivity contribution in [2.45, 2.75) is 33.2 Å². The summed E-state index contributed by atoms with van der Waals surface area (Å²) in [7, 11) is 1.99. The van der Waals surface area contributed by atoms with Crippen molar-refractivity contribution in [1.82, 2.24) is 14.9 Å². The Morgan fingerprint density at radius 2 is 2.05 bits per heavy atom. The van der Waals surface area contributed by atoms with Crippen LogP contribution in [0.1, 0.15) is 30.4 Å². The van der Waals surface area contributed by atoms with Crippen molar-refractivity contribution in [2.75, 3.05) is 18.9 Å². The number of benzene rings is 1. The van der Waals surface area contributed by atoms with E-state index in [-0.39, 0.29) is 5.91 Å². The van der Waals surface area contributed by atoms with Crippen LogP contribution in [0.4, 0.5) is 5.69 Å². The fourth-order valence-corrected chi connectivity index (χ4v) is 2.22. The van der Waals surface area contributed by atoms with Crippen LogP contribution in [0.2, 0.25) is 0 Å². The number of hydrogen-bond donors (Lipinski definition) is 2. The van der Waals surface area contributed by atoms with Gasteiger partial charge in [0, 0.05) is 30.5 Å². The standard InChI is InChI=1S/C17H24N4O/c1-4-14-5-7-15(8-6-14)20-17(22)9-10-21(3)12-16-18-11-13(2)19-16/h5-8,11H,4,9-10,12H2,1-3H3,(H,18,19)(H,20,22). The molecule has 0 aliphatic rings. The summed E-state index contributed by atoms with van der Waals surface area (Å²) in [6.45, 7) is 5.50. The molecule has 1 aromatic heterocycles. The third-order valence-electron chi connectivity index (χ3n) is 3.54. The van der Waals surface area contributed by atoms with Crippen LogP contribution in [0.5, 0.6) is 0 Å². The quantitative estimate of drug-likeness (QED) is 0.826. The van der Waals surface area contributed by atoms with Crippen LogP contribution in [0.3, 0.4) is 0 Å². The van der Waals surface area contributed by atoms with Gasteiger partial charge in [-0.3, -0.25) is 9.69 Å². The van der Waals surface area contributed by atoms with E-state index in [2.05, 4.69) is 27.1 Å². The molecule has 0 saturated heterocycles. The molecular weight excluding hydrogens is 276 g/mol. The monoisotopic (exact) mass is 300 g/mol. The number of aromatic nitrogens is 2. The van der Waals surface area contributed by atoms with Crippen molar-refractivity contribution in [3.05, 3.63) is 47.5 Å². The van der Waals surface area contributed by atoms with Gasteiger partial charge in [0.2, 0.25) is 5.91 Å². The summed E-state index contributed by atoms with van der Waals surface area (Å²) >= 11 is 0. The second-order valence-corrected chi connectivity index (χ2v) is 5.60. The maximum absolute atomic E-state index is 12.0. The number of nitrogens with one attached hydrogen (secondary N) is 2. The molecule has 2 rings (SSSR count). The van der Waals surface area contributed by atoms with Gasteiger partial charge in [0.25, 0.3) is 0 Å². The zero-order chi connectivity index (χ0) is 15.9. The van der Waals surface area contributed by atoms with Gasteiger partial charge in [-0.1, -0.05) is 19.1 Å². The molecule has 0 fully saturated rings. The molecule has 1 aromatic carbocycles. The van der Waals surface area contributed by atoms with Crippen LogP contribution in [0.25, 0.3) is 0 Å². The topological polar surface area (TPSA) is 61.0 Å². The predicted octanol–water partition coefficient (Wildman–Crippen LogP) is 2.74. The number of aromatic amines is 1. The average Bonchev–Trinajstić information content (AvgIpc) is 2.91. The number of nitrogens with zero attached hydrogens (tertiary/aromatic N) is 2. The van der Waals surface area contributed by atoms with Gasteiger partial charge in [-0.25, -0.2) is 4.98 Å². The highest BCUT2D eigenvalue weighted by atomic mass is 16.1.